The molecule has 0 unspecified atom stereocenters. The fourth-order valence-corrected chi connectivity index (χ4v) is 5.24. The Labute approximate surface area is 180 Å². The number of carbonyl (C=O) groups excluding carboxylic acids is 1. The number of amides is 1. The average molecular weight is 538 g/mol. The van der Waals surface area contributed by atoms with Crippen LogP contribution >= 0.6 is 67.4 Å². The van der Waals surface area contributed by atoms with Gasteiger partial charge in [-0.05, 0) is 52.3 Å². The number of nitrogens with zero attached hydrogens (tertiary/aromatic N) is 1. The first kappa shape index (κ1) is 19.8. The van der Waals surface area contributed by atoms with Crippen molar-refractivity contribution < 1.29 is 13.9 Å². The van der Waals surface area contributed by atoms with Crippen molar-refractivity contribution in [1.29, 1.82) is 0 Å². The summed E-state index contributed by atoms with van der Waals surface area (Å²) >= 11 is 19.2. The third-order valence-electron chi connectivity index (χ3n) is 3.48. The van der Waals surface area contributed by atoms with E-state index in [0.717, 1.165) is 20.7 Å². The highest BCUT2D eigenvalue weighted by Crippen LogP contribution is 2.40. The first-order valence-electron chi connectivity index (χ1n) is 7.08. The molecule has 1 heterocycles. The van der Waals surface area contributed by atoms with Gasteiger partial charge in [0.1, 0.15) is 11.6 Å². The van der Waals surface area contributed by atoms with Crippen LogP contribution in [-0.2, 0) is 4.79 Å². The summed E-state index contributed by atoms with van der Waals surface area (Å²) < 4.78 is 20.7. The molecule has 1 saturated heterocycles. The third-order valence-corrected chi connectivity index (χ3v) is 6.12. The predicted molar refractivity (Wildman–Crippen MR) is 115 cm³/mol. The van der Waals surface area contributed by atoms with Gasteiger partial charge in [0, 0.05) is 10.0 Å². The standard InChI is InChI=1S/C17H9Br2ClFNO2S2/c1-24-15-8(4-9(18)6-11(15)19)5-14-16(23)22(17(25)26-14)10-2-3-13(21)12(20)7-10/h2-7H,1H3. The number of benzene rings is 2. The first-order chi connectivity index (χ1) is 12.3. The van der Waals surface area contributed by atoms with Crippen LogP contribution in [0.3, 0.4) is 0 Å². The molecule has 1 amide bonds. The molecule has 0 bridgehead atoms. The van der Waals surface area contributed by atoms with Gasteiger partial charge in [0.15, 0.2) is 4.32 Å². The van der Waals surface area contributed by atoms with Crippen molar-refractivity contribution in [3.8, 4) is 5.75 Å². The Balaban J connectivity index is 2.01. The summed E-state index contributed by atoms with van der Waals surface area (Å²) in [6, 6.07) is 7.73. The summed E-state index contributed by atoms with van der Waals surface area (Å²) in [7, 11) is 1.55. The van der Waals surface area contributed by atoms with Crippen LogP contribution in [0.25, 0.3) is 6.08 Å². The highest BCUT2D eigenvalue weighted by molar-refractivity contribution is 9.11. The van der Waals surface area contributed by atoms with Crippen LogP contribution < -0.4 is 9.64 Å². The Morgan fingerprint density at radius 2 is 2.04 bits per heavy atom. The highest BCUT2D eigenvalue weighted by atomic mass is 79.9. The monoisotopic (exact) mass is 535 g/mol. The van der Waals surface area contributed by atoms with E-state index in [1.165, 1.54) is 23.1 Å². The van der Waals surface area contributed by atoms with Gasteiger partial charge in [0.05, 0.1) is 27.2 Å². The minimum absolute atomic E-state index is 0.0712. The van der Waals surface area contributed by atoms with Crippen molar-refractivity contribution in [1.82, 2.24) is 0 Å². The molecule has 26 heavy (non-hydrogen) atoms. The molecule has 2 aromatic rings. The van der Waals surface area contributed by atoms with Gasteiger partial charge in [-0.1, -0.05) is 51.5 Å². The zero-order valence-electron chi connectivity index (χ0n) is 13.1. The number of rotatable bonds is 3. The van der Waals surface area contributed by atoms with Gasteiger partial charge in [-0.25, -0.2) is 4.39 Å². The predicted octanol–water partition coefficient (Wildman–Crippen LogP) is 6.42. The molecule has 2 aromatic carbocycles. The van der Waals surface area contributed by atoms with Crippen molar-refractivity contribution in [3.63, 3.8) is 0 Å². The smallest absolute Gasteiger partial charge is 0.270 e. The Kier molecular flexibility index (Phi) is 6.08. The van der Waals surface area contributed by atoms with Gasteiger partial charge in [-0.15, -0.1) is 0 Å². The molecular weight excluding hydrogens is 529 g/mol. The molecule has 3 nitrogen and oxygen atoms in total. The van der Waals surface area contributed by atoms with E-state index in [0.29, 0.717) is 26.2 Å². The van der Waals surface area contributed by atoms with Gasteiger partial charge >= 0.3 is 0 Å². The fourth-order valence-electron chi connectivity index (χ4n) is 2.36. The molecule has 9 heteroatoms. The van der Waals surface area contributed by atoms with Crippen LogP contribution in [0.5, 0.6) is 5.75 Å². The number of halogens is 4. The van der Waals surface area contributed by atoms with Gasteiger partial charge in [-0.2, -0.15) is 0 Å². The average Bonchev–Trinajstić information content (AvgIpc) is 2.84. The number of ether oxygens (including phenoxy) is 1. The van der Waals surface area contributed by atoms with Crippen LogP contribution in [0, 0.1) is 5.82 Å². The van der Waals surface area contributed by atoms with E-state index in [2.05, 4.69) is 31.9 Å². The molecule has 0 saturated carbocycles. The van der Waals surface area contributed by atoms with Crippen LogP contribution in [0.4, 0.5) is 10.1 Å². The molecule has 0 aromatic heterocycles. The minimum atomic E-state index is -0.555. The fraction of sp³-hybridized carbons (Fsp3) is 0.0588. The third kappa shape index (κ3) is 3.84. The van der Waals surface area contributed by atoms with Crippen molar-refractivity contribution in [2.24, 2.45) is 0 Å². The topological polar surface area (TPSA) is 29.5 Å². The Hall–Kier alpha value is -0.930. The zero-order chi connectivity index (χ0) is 19.0. The van der Waals surface area contributed by atoms with Gasteiger partial charge < -0.3 is 4.74 Å². The van der Waals surface area contributed by atoms with Gasteiger partial charge in [0.2, 0.25) is 0 Å². The number of thiocarbonyl (C=S) groups is 1. The van der Waals surface area contributed by atoms with Crippen molar-refractivity contribution in [3.05, 3.63) is 60.6 Å². The largest absolute Gasteiger partial charge is 0.495 e. The lowest BCUT2D eigenvalue weighted by molar-refractivity contribution is -0.113. The summed E-state index contributed by atoms with van der Waals surface area (Å²) in [5, 5.41) is -0.0712. The van der Waals surface area contributed by atoms with E-state index >= 15 is 0 Å². The molecule has 0 radical (unpaired) electrons. The molecule has 134 valence electrons. The Morgan fingerprint density at radius 1 is 1.31 bits per heavy atom. The van der Waals surface area contributed by atoms with E-state index in [1.54, 1.807) is 13.2 Å². The molecule has 1 fully saturated rings. The summed E-state index contributed by atoms with van der Waals surface area (Å²) in [4.78, 5) is 14.6. The second kappa shape index (κ2) is 7.98. The number of anilines is 1. The van der Waals surface area contributed by atoms with E-state index in [1.807, 2.05) is 12.1 Å². The molecule has 0 atom stereocenters. The molecule has 1 aliphatic heterocycles. The number of methoxy groups -OCH3 is 1. The van der Waals surface area contributed by atoms with Crippen LogP contribution in [-0.4, -0.2) is 17.3 Å². The number of carbonyl (C=O) groups is 1. The maximum atomic E-state index is 13.4. The zero-order valence-corrected chi connectivity index (χ0v) is 18.6. The maximum absolute atomic E-state index is 13.4. The number of hydrogen-bond acceptors (Lipinski definition) is 4. The molecule has 1 aliphatic rings. The lowest BCUT2D eigenvalue weighted by Crippen LogP contribution is -2.27. The van der Waals surface area contributed by atoms with E-state index < -0.39 is 5.82 Å². The summed E-state index contributed by atoms with van der Waals surface area (Å²) in [5.41, 5.74) is 1.14. The highest BCUT2D eigenvalue weighted by Gasteiger charge is 2.34. The van der Waals surface area contributed by atoms with Crippen LogP contribution in [0.15, 0.2) is 44.2 Å². The molecule has 0 N–H and O–H groups in total. The lowest BCUT2D eigenvalue weighted by atomic mass is 10.2. The lowest BCUT2D eigenvalue weighted by Gasteiger charge is -2.15. The summed E-state index contributed by atoms with van der Waals surface area (Å²) in [6.07, 6.45) is 1.71. The first-order valence-corrected chi connectivity index (χ1v) is 10.3. The summed E-state index contributed by atoms with van der Waals surface area (Å²) in [6.45, 7) is 0. The molecule has 0 aliphatic carbocycles. The van der Waals surface area contributed by atoms with Gasteiger partial charge in [0.25, 0.3) is 5.91 Å². The second-order valence-corrected chi connectivity index (χ2v) is 8.98. The second-order valence-electron chi connectivity index (χ2n) is 5.13. The Bertz CT molecular complexity index is 968. The van der Waals surface area contributed by atoms with Crippen molar-refractivity contribution in [2.75, 3.05) is 12.0 Å². The maximum Gasteiger partial charge on any atom is 0.270 e. The van der Waals surface area contributed by atoms with E-state index in [-0.39, 0.29) is 10.9 Å². The minimum Gasteiger partial charge on any atom is -0.495 e. The van der Waals surface area contributed by atoms with Crippen LogP contribution in [0.1, 0.15) is 5.56 Å². The number of hydrogen-bond donors (Lipinski definition) is 0. The summed E-state index contributed by atoms with van der Waals surface area (Å²) in [5.74, 6) is -0.260. The SMILES string of the molecule is COc1c(Br)cc(Br)cc1C=C1SC(=S)N(c2ccc(F)c(Cl)c2)C1=O. The van der Waals surface area contributed by atoms with Crippen LogP contribution in [0.2, 0.25) is 5.02 Å². The Morgan fingerprint density at radius 3 is 2.69 bits per heavy atom. The van der Waals surface area contributed by atoms with Crippen molar-refractivity contribution >= 4 is 89.4 Å². The molecule has 0 spiro atoms. The van der Waals surface area contributed by atoms with Gasteiger partial charge in [-0.3, -0.25) is 9.69 Å². The number of thioether (sulfide) groups is 1. The van der Waals surface area contributed by atoms with E-state index in [9.17, 15) is 9.18 Å². The molecule has 3 rings (SSSR count). The van der Waals surface area contributed by atoms with E-state index in [4.69, 9.17) is 28.6 Å². The van der Waals surface area contributed by atoms with Crippen molar-refractivity contribution in [2.45, 2.75) is 0 Å². The molecular formula is C17H9Br2ClFNO2S2. The quantitative estimate of drug-likeness (QED) is 0.334. The normalized spacial score (nSPS) is 15.9.